The summed E-state index contributed by atoms with van der Waals surface area (Å²) >= 11 is 1.93. The highest BCUT2D eigenvalue weighted by Gasteiger charge is 2.30. The molecule has 1 aliphatic rings. The summed E-state index contributed by atoms with van der Waals surface area (Å²) in [6, 6.07) is 2.13. The Hall–Kier alpha value is -1.23. The molecule has 1 saturated heterocycles. The minimum Gasteiger partial charge on any atom is -0.478 e. The second kappa shape index (κ2) is 5.41. The van der Waals surface area contributed by atoms with E-state index < -0.39 is 5.97 Å². The lowest BCUT2D eigenvalue weighted by Gasteiger charge is -2.39. The maximum absolute atomic E-state index is 11.5. The monoisotopic (exact) mass is 280 g/mol. The van der Waals surface area contributed by atoms with Crippen LogP contribution >= 0.6 is 11.8 Å². The van der Waals surface area contributed by atoms with Crippen LogP contribution in [0.3, 0.4) is 0 Å². The zero-order valence-corrected chi connectivity index (χ0v) is 12.6. The SMILES string of the molecule is Cc1cc(C)c(C(=O)O)c(N2CCSC(C)C2C)n1. The van der Waals surface area contributed by atoms with E-state index in [2.05, 4.69) is 23.7 Å². The lowest BCUT2D eigenvalue weighted by Crippen LogP contribution is -2.46. The topological polar surface area (TPSA) is 53.4 Å². The zero-order chi connectivity index (χ0) is 14.2. The molecule has 4 nitrogen and oxygen atoms in total. The van der Waals surface area contributed by atoms with Crippen LogP contribution in [0.1, 0.15) is 35.5 Å². The number of aryl methyl sites for hydroxylation is 2. The van der Waals surface area contributed by atoms with Crippen LogP contribution in [0.5, 0.6) is 0 Å². The van der Waals surface area contributed by atoms with Crippen LogP contribution < -0.4 is 4.90 Å². The summed E-state index contributed by atoms with van der Waals surface area (Å²) < 4.78 is 0. The van der Waals surface area contributed by atoms with Crippen molar-refractivity contribution in [1.82, 2.24) is 4.98 Å². The third kappa shape index (κ3) is 2.71. The first-order valence-corrected chi connectivity index (χ1v) is 7.56. The number of aromatic nitrogens is 1. The molecule has 1 aromatic heterocycles. The highest BCUT2D eigenvalue weighted by molar-refractivity contribution is 8.00. The molecule has 2 heterocycles. The number of carboxylic acids is 1. The summed E-state index contributed by atoms with van der Waals surface area (Å²) in [5.74, 6) is 0.752. The molecule has 1 aliphatic heterocycles. The standard InChI is InChI=1S/C14H20N2O2S/c1-8-7-9(2)15-13(12(8)14(17)18)16-5-6-19-11(4)10(16)3/h7,10-11H,5-6H2,1-4H3,(H,17,18). The van der Waals surface area contributed by atoms with Crippen molar-refractivity contribution in [2.75, 3.05) is 17.2 Å². The van der Waals surface area contributed by atoms with Gasteiger partial charge in [-0.1, -0.05) is 6.92 Å². The highest BCUT2D eigenvalue weighted by atomic mass is 32.2. The van der Waals surface area contributed by atoms with E-state index in [1.165, 1.54) is 0 Å². The van der Waals surface area contributed by atoms with Crippen LogP contribution in [-0.4, -0.2) is 39.6 Å². The summed E-state index contributed by atoms with van der Waals surface area (Å²) in [7, 11) is 0. The van der Waals surface area contributed by atoms with E-state index in [0.717, 1.165) is 23.6 Å². The van der Waals surface area contributed by atoms with Gasteiger partial charge >= 0.3 is 5.97 Å². The fraction of sp³-hybridized carbons (Fsp3) is 0.571. The van der Waals surface area contributed by atoms with Gasteiger partial charge in [-0.25, -0.2) is 9.78 Å². The van der Waals surface area contributed by atoms with E-state index >= 15 is 0 Å². The van der Waals surface area contributed by atoms with Crippen molar-refractivity contribution in [3.8, 4) is 0 Å². The van der Waals surface area contributed by atoms with Crippen molar-refractivity contribution in [1.29, 1.82) is 0 Å². The molecule has 19 heavy (non-hydrogen) atoms. The fourth-order valence-corrected chi connectivity index (χ4v) is 3.62. The lowest BCUT2D eigenvalue weighted by atomic mass is 10.1. The largest absolute Gasteiger partial charge is 0.478 e. The molecular formula is C14H20N2O2S. The van der Waals surface area contributed by atoms with E-state index in [1.54, 1.807) is 0 Å². The van der Waals surface area contributed by atoms with Gasteiger partial charge in [-0.3, -0.25) is 0 Å². The van der Waals surface area contributed by atoms with Crippen LogP contribution in [-0.2, 0) is 0 Å². The maximum Gasteiger partial charge on any atom is 0.339 e. The van der Waals surface area contributed by atoms with Gasteiger partial charge in [0, 0.05) is 29.3 Å². The average Bonchev–Trinajstić information content (AvgIpc) is 2.31. The molecule has 1 N–H and O–H groups in total. The van der Waals surface area contributed by atoms with Gasteiger partial charge in [0.15, 0.2) is 0 Å². The first-order valence-electron chi connectivity index (χ1n) is 6.51. The van der Waals surface area contributed by atoms with Crippen molar-refractivity contribution in [3.05, 3.63) is 22.9 Å². The van der Waals surface area contributed by atoms with Gasteiger partial charge in [-0.05, 0) is 32.4 Å². The number of pyridine rings is 1. The first-order chi connectivity index (χ1) is 8.91. The van der Waals surface area contributed by atoms with Gasteiger partial charge in [0.25, 0.3) is 0 Å². The molecule has 104 valence electrons. The minimum atomic E-state index is -0.891. The van der Waals surface area contributed by atoms with Gasteiger partial charge in [0.2, 0.25) is 0 Å². The number of hydrogen-bond acceptors (Lipinski definition) is 4. The predicted molar refractivity (Wildman–Crippen MR) is 79.4 cm³/mol. The number of carbonyl (C=O) groups is 1. The molecule has 0 bridgehead atoms. The van der Waals surface area contributed by atoms with Gasteiger partial charge in [-0.2, -0.15) is 11.8 Å². The van der Waals surface area contributed by atoms with Crippen LogP contribution in [0, 0.1) is 13.8 Å². The van der Waals surface area contributed by atoms with E-state index in [-0.39, 0.29) is 0 Å². The number of thioether (sulfide) groups is 1. The van der Waals surface area contributed by atoms with Gasteiger partial charge in [-0.15, -0.1) is 0 Å². The summed E-state index contributed by atoms with van der Waals surface area (Å²) in [6.07, 6.45) is 0. The summed E-state index contributed by atoms with van der Waals surface area (Å²) in [5, 5.41) is 9.93. The molecule has 0 amide bonds. The van der Waals surface area contributed by atoms with E-state index in [0.29, 0.717) is 22.7 Å². The Balaban J connectivity index is 2.51. The average molecular weight is 280 g/mol. The van der Waals surface area contributed by atoms with E-state index in [9.17, 15) is 9.90 Å². The Morgan fingerprint density at radius 3 is 2.79 bits per heavy atom. The predicted octanol–water partition coefficient (Wildman–Crippen LogP) is 2.73. The Kier molecular flexibility index (Phi) is 4.04. The fourth-order valence-electron chi connectivity index (χ4n) is 2.52. The molecule has 1 fully saturated rings. The van der Waals surface area contributed by atoms with Crippen molar-refractivity contribution < 1.29 is 9.90 Å². The number of anilines is 1. The quantitative estimate of drug-likeness (QED) is 0.902. The summed E-state index contributed by atoms with van der Waals surface area (Å²) in [6.45, 7) is 8.93. The van der Waals surface area contributed by atoms with E-state index in [4.69, 9.17) is 0 Å². The van der Waals surface area contributed by atoms with Gasteiger partial charge in [0.1, 0.15) is 11.4 Å². The smallest absolute Gasteiger partial charge is 0.339 e. The van der Waals surface area contributed by atoms with Gasteiger partial charge in [0.05, 0.1) is 0 Å². The van der Waals surface area contributed by atoms with Crippen LogP contribution in [0.2, 0.25) is 0 Å². The van der Waals surface area contributed by atoms with Crippen molar-refractivity contribution in [3.63, 3.8) is 0 Å². The second-order valence-corrected chi connectivity index (χ2v) is 6.58. The molecule has 0 spiro atoms. The molecule has 0 radical (unpaired) electrons. The summed E-state index contributed by atoms with van der Waals surface area (Å²) in [4.78, 5) is 18.2. The highest BCUT2D eigenvalue weighted by Crippen LogP contribution is 2.31. The number of hydrogen-bond donors (Lipinski definition) is 1. The molecule has 0 aliphatic carbocycles. The van der Waals surface area contributed by atoms with Crippen LogP contribution in [0.25, 0.3) is 0 Å². The Labute approximate surface area is 118 Å². The molecule has 0 saturated carbocycles. The number of nitrogens with zero attached hydrogens (tertiary/aromatic N) is 2. The molecule has 1 aromatic rings. The van der Waals surface area contributed by atoms with Gasteiger partial charge < -0.3 is 10.0 Å². The van der Waals surface area contributed by atoms with Crippen LogP contribution in [0.15, 0.2) is 6.07 Å². The van der Waals surface area contributed by atoms with E-state index in [1.807, 2.05) is 31.7 Å². The Morgan fingerprint density at radius 2 is 2.16 bits per heavy atom. The number of carboxylic acid groups (broad SMARTS) is 1. The Bertz CT molecular complexity index is 504. The zero-order valence-electron chi connectivity index (χ0n) is 11.8. The third-order valence-corrected chi connectivity index (χ3v) is 5.03. The minimum absolute atomic E-state index is 0.297. The first kappa shape index (κ1) is 14.2. The van der Waals surface area contributed by atoms with Crippen LogP contribution in [0.4, 0.5) is 5.82 Å². The molecule has 5 heteroatoms. The van der Waals surface area contributed by atoms with Crippen molar-refractivity contribution in [2.45, 2.75) is 39.0 Å². The molecule has 2 unspecified atom stereocenters. The molecule has 0 aromatic carbocycles. The third-order valence-electron chi connectivity index (χ3n) is 3.70. The molecule has 2 atom stereocenters. The molecule has 2 rings (SSSR count). The normalized spacial score (nSPS) is 23.5. The van der Waals surface area contributed by atoms with Crippen molar-refractivity contribution in [2.24, 2.45) is 0 Å². The molecular weight excluding hydrogens is 260 g/mol. The maximum atomic E-state index is 11.5. The lowest BCUT2D eigenvalue weighted by molar-refractivity contribution is 0.0696. The Morgan fingerprint density at radius 1 is 1.47 bits per heavy atom. The second-order valence-electron chi connectivity index (χ2n) is 5.09. The number of aromatic carboxylic acids is 1. The summed E-state index contributed by atoms with van der Waals surface area (Å²) in [5.41, 5.74) is 2.00. The number of rotatable bonds is 2. The van der Waals surface area contributed by atoms with Crippen molar-refractivity contribution >= 4 is 23.5 Å².